The number of rotatable bonds is 6. The Labute approximate surface area is 175 Å². The van der Waals surface area contributed by atoms with E-state index in [-0.39, 0.29) is 24.2 Å². The van der Waals surface area contributed by atoms with E-state index in [0.717, 1.165) is 23.4 Å². The smallest absolute Gasteiger partial charge is 0.303 e. The van der Waals surface area contributed by atoms with Crippen molar-refractivity contribution in [3.8, 4) is 5.75 Å². The van der Waals surface area contributed by atoms with E-state index in [9.17, 15) is 14.7 Å². The molecule has 158 valence electrons. The van der Waals surface area contributed by atoms with Crippen molar-refractivity contribution < 1.29 is 23.8 Å². The summed E-state index contributed by atoms with van der Waals surface area (Å²) >= 11 is 0. The van der Waals surface area contributed by atoms with Crippen molar-refractivity contribution in [3.63, 3.8) is 0 Å². The molecule has 0 radical (unpaired) electrons. The van der Waals surface area contributed by atoms with Crippen LogP contribution in [0.3, 0.4) is 0 Å². The van der Waals surface area contributed by atoms with Gasteiger partial charge in [0.1, 0.15) is 5.75 Å². The Balaban J connectivity index is 1.55. The van der Waals surface area contributed by atoms with Gasteiger partial charge in [0.15, 0.2) is 5.76 Å². The number of likely N-dealkylation sites (tertiary alicyclic amines) is 1. The number of carbonyl (C=O) groups is 2. The molecule has 7 heteroatoms. The summed E-state index contributed by atoms with van der Waals surface area (Å²) in [6.07, 6.45) is 3.77. The quantitative estimate of drug-likeness (QED) is 0.789. The minimum atomic E-state index is -0.800. The number of benzene rings is 1. The molecule has 1 amide bonds. The van der Waals surface area contributed by atoms with Gasteiger partial charge in [-0.15, -0.1) is 0 Å². The Morgan fingerprint density at radius 3 is 2.90 bits per heavy atom. The standard InChI is InChI=1S/C23H26N2O5/c1-29-18-4-5-19-16(11-18)6-8-24-20(19)12-17-14-25(9-7-15(17)13-22(26)27)23(28)21-3-2-10-30-21/h2-5,10-11,15,17H,6-9,12-14H2,1H3,(H,26,27)/t15-,17-/m0/s1. The third-order valence-corrected chi connectivity index (χ3v) is 6.11. The number of amides is 1. The topological polar surface area (TPSA) is 92.3 Å². The molecule has 4 rings (SSSR count). The molecule has 0 saturated carbocycles. The van der Waals surface area contributed by atoms with Gasteiger partial charge in [0.05, 0.1) is 13.4 Å². The summed E-state index contributed by atoms with van der Waals surface area (Å²) in [7, 11) is 1.66. The lowest BCUT2D eigenvalue weighted by atomic mass is 9.78. The Kier molecular flexibility index (Phi) is 5.88. The Morgan fingerprint density at radius 2 is 2.17 bits per heavy atom. The number of hydrogen-bond acceptors (Lipinski definition) is 5. The minimum Gasteiger partial charge on any atom is -0.497 e. The number of carboxylic acids is 1. The number of piperidine rings is 1. The van der Waals surface area contributed by atoms with Crippen molar-refractivity contribution in [2.45, 2.75) is 25.7 Å². The molecular weight excluding hydrogens is 384 g/mol. The second-order valence-corrected chi connectivity index (χ2v) is 7.94. The van der Waals surface area contributed by atoms with Crippen LogP contribution >= 0.6 is 0 Å². The first kappa shape index (κ1) is 20.2. The van der Waals surface area contributed by atoms with Crippen LogP contribution in [0.5, 0.6) is 5.75 Å². The summed E-state index contributed by atoms with van der Waals surface area (Å²) in [6, 6.07) is 9.38. The van der Waals surface area contributed by atoms with Crippen LogP contribution in [-0.2, 0) is 11.2 Å². The average Bonchev–Trinajstić information content (AvgIpc) is 3.29. The van der Waals surface area contributed by atoms with E-state index < -0.39 is 5.97 Å². The van der Waals surface area contributed by atoms with Gasteiger partial charge >= 0.3 is 5.97 Å². The molecule has 1 aromatic carbocycles. The number of hydrogen-bond donors (Lipinski definition) is 1. The minimum absolute atomic E-state index is 0.00877. The van der Waals surface area contributed by atoms with Gasteiger partial charge < -0.3 is 19.2 Å². The Morgan fingerprint density at radius 1 is 1.30 bits per heavy atom. The second-order valence-electron chi connectivity index (χ2n) is 7.94. The van der Waals surface area contributed by atoms with Crippen LogP contribution < -0.4 is 4.74 Å². The van der Waals surface area contributed by atoms with Crippen LogP contribution in [0.25, 0.3) is 0 Å². The van der Waals surface area contributed by atoms with Gasteiger partial charge in [0, 0.05) is 31.8 Å². The molecule has 2 aromatic rings. The number of aliphatic carboxylic acids is 1. The van der Waals surface area contributed by atoms with Gasteiger partial charge in [-0.25, -0.2) is 0 Å². The normalized spacial score (nSPS) is 21.0. The summed E-state index contributed by atoms with van der Waals surface area (Å²) in [4.78, 5) is 30.7. The lowest BCUT2D eigenvalue weighted by molar-refractivity contribution is -0.138. The van der Waals surface area contributed by atoms with E-state index in [0.29, 0.717) is 38.2 Å². The second kappa shape index (κ2) is 8.73. The van der Waals surface area contributed by atoms with Crippen LogP contribution in [0.1, 0.15) is 40.9 Å². The van der Waals surface area contributed by atoms with Crippen LogP contribution in [0.4, 0.5) is 0 Å². The highest BCUT2D eigenvalue weighted by Gasteiger charge is 2.35. The lowest BCUT2D eigenvalue weighted by Gasteiger charge is -2.38. The van der Waals surface area contributed by atoms with E-state index in [1.165, 1.54) is 11.8 Å². The summed E-state index contributed by atoms with van der Waals surface area (Å²) in [5.74, 6) is 0.237. The molecule has 1 aromatic heterocycles. The average molecular weight is 410 g/mol. The van der Waals surface area contributed by atoms with Gasteiger partial charge in [0.2, 0.25) is 0 Å². The van der Waals surface area contributed by atoms with Crippen molar-refractivity contribution in [2.24, 2.45) is 16.8 Å². The fraction of sp³-hybridized carbons (Fsp3) is 0.435. The molecule has 1 saturated heterocycles. The molecule has 0 bridgehead atoms. The van der Waals surface area contributed by atoms with Crippen molar-refractivity contribution in [1.29, 1.82) is 0 Å². The molecule has 3 heterocycles. The molecule has 2 aliphatic heterocycles. The number of fused-ring (bicyclic) bond motifs is 1. The highest BCUT2D eigenvalue weighted by molar-refractivity contribution is 6.03. The molecule has 30 heavy (non-hydrogen) atoms. The Hall–Kier alpha value is -3.09. The van der Waals surface area contributed by atoms with Gasteiger partial charge in [0.25, 0.3) is 5.91 Å². The number of carbonyl (C=O) groups excluding carboxylic acids is 1. The molecule has 0 unspecified atom stereocenters. The molecule has 1 fully saturated rings. The zero-order valence-electron chi connectivity index (χ0n) is 17.0. The van der Waals surface area contributed by atoms with Crippen molar-refractivity contribution in [3.05, 3.63) is 53.5 Å². The van der Waals surface area contributed by atoms with E-state index >= 15 is 0 Å². The highest BCUT2D eigenvalue weighted by Crippen LogP contribution is 2.33. The predicted molar refractivity (Wildman–Crippen MR) is 111 cm³/mol. The zero-order valence-corrected chi connectivity index (χ0v) is 17.0. The summed E-state index contributed by atoms with van der Waals surface area (Å²) in [5, 5.41) is 9.39. The molecule has 7 nitrogen and oxygen atoms in total. The number of aliphatic imine (C=N–C) groups is 1. The zero-order chi connectivity index (χ0) is 21.1. The molecule has 0 aliphatic carbocycles. The maximum atomic E-state index is 12.8. The maximum Gasteiger partial charge on any atom is 0.303 e. The lowest BCUT2D eigenvalue weighted by Crippen LogP contribution is -2.45. The fourth-order valence-corrected chi connectivity index (χ4v) is 4.55. The first-order valence-electron chi connectivity index (χ1n) is 10.3. The van der Waals surface area contributed by atoms with Gasteiger partial charge in [-0.3, -0.25) is 14.6 Å². The van der Waals surface area contributed by atoms with Gasteiger partial charge in [-0.1, -0.05) is 0 Å². The summed E-state index contributed by atoms with van der Waals surface area (Å²) < 4.78 is 10.6. The molecular formula is C23H26N2O5. The van der Waals surface area contributed by atoms with Crippen molar-refractivity contribution >= 4 is 17.6 Å². The molecule has 2 atom stereocenters. The number of ether oxygens (including phenoxy) is 1. The molecule has 0 spiro atoms. The van der Waals surface area contributed by atoms with E-state index in [2.05, 4.69) is 0 Å². The highest BCUT2D eigenvalue weighted by atomic mass is 16.5. The van der Waals surface area contributed by atoms with Gasteiger partial charge in [-0.2, -0.15) is 0 Å². The van der Waals surface area contributed by atoms with E-state index in [1.54, 1.807) is 24.1 Å². The maximum absolute atomic E-state index is 12.8. The van der Waals surface area contributed by atoms with Crippen LogP contribution in [0, 0.1) is 11.8 Å². The fourth-order valence-electron chi connectivity index (χ4n) is 4.55. The predicted octanol–water partition coefficient (Wildman–Crippen LogP) is 3.28. The van der Waals surface area contributed by atoms with Crippen molar-refractivity contribution in [2.75, 3.05) is 26.7 Å². The van der Waals surface area contributed by atoms with Gasteiger partial charge in [-0.05, 0) is 72.6 Å². The molecule has 1 N–H and O–H groups in total. The molecule has 2 aliphatic rings. The van der Waals surface area contributed by atoms with Crippen LogP contribution in [0.2, 0.25) is 0 Å². The van der Waals surface area contributed by atoms with E-state index in [4.69, 9.17) is 14.1 Å². The van der Waals surface area contributed by atoms with Crippen molar-refractivity contribution in [1.82, 2.24) is 4.90 Å². The SMILES string of the molecule is COc1ccc2c(c1)CCN=C2C[C@H]1CN(C(=O)c2ccco2)CC[C@H]1CC(=O)O. The number of carboxylic acid groups (broad SMARTS) is 1. The van der Waals surface area contributed by atoms with E-state index in [1.807, 2.05) is 18.2 Å². The summed E-state index contributed by atoms with van der Waals surface area (Å²) in [5.41, 5.74) is 3.30. The third kappa shape index (κ3) is 4.25. The monoisotopic (exact) mass is 410 g/mol. The number of furan rings is 1. The number of nitrogens with zero attached hydrogens (tertiary/aromatic N) is 2. The largest absolute Gasteiger partial charge is 0.497 e. The van der Waals surface area contributed by atoms with Crippen LogP contribution in [0.15, 0.2) is 46.0 Å². The Bertz CT molecular complexity index is 951. The first-order valence-corrected chi connectivity index (χ1v) is 10.3. The third-order valence-electron chi connectivity index (χ3n) is 6.11. The number of methoxy groups -OCH3 is 1. The summed E-state index contributed by atoms with van der Waals surface area (Å²) in [6.45, 7) is 1.75. The van der Waals surface area contributed by atoms with Crippen LogP contribution in [-0.4, -0.2) is 54.3 Å². The first-order chi connectivity index (χ1) is 14.5.